The molecule has 1 aromatic carbocycles. The molecule has 1 atom stereocenters. The first-order valence-electron chi connectivity index (χ1n) is 8.26. The molecule has 1 amide bonds. The van der Waals surface area contributed by atoms with Gasteiger partial charge in [-0.05, 0) is 25.1 Å². The molecule has 9 heteroatoms. The number of nitrogens with one attached hydrogen (secondary N) is 3. The van der Waals surface area contributed by atoms with Crippen LogP contribution in [-0.2, 0) is 19.6 Å². The van der Waals surface area contributed by atoms with Gasteiger partial charge in [-0.25, -0.2) is 12.7 Å². The van der Waals surface area contributed by atoms with E-state index in [-0.39, 0.29) is 23.3 Å². The van der Waals surface area contributed by atoms with Crippen LogP contribution in [0.4, 0.5) is 11.4 Å². The van der Waals surface area contributed by atoms with Crippen molar-refractivity contribution in [2.75, 3.05) is 51.0 Å². The first kappa shape index (κ1) is 19.6. The zero-order valence-electron chi connectivity index (χ0n) is 14.8. The summed E-state index contributed by atoms with van der Waals surface area (Å²) in [7, 11) is -0.627. The number of amides is 1. The summed E-state index contributed by atoms with van der Waals surface area (Å²) in [5.41, 5.74) is 1.13. The highest BCUT2D eigenvalue weighted by Crippen LogP contribution is 2.27. The van der Waals surface area contributed by atoms with Gasteiger partial charge in [0.2, 0.25) is 15.9 Å². The van der Waals surface area contributed by atoms with Crippen molar-refractivity contribution in [3.8, 4) is 0 Å². The lowest BCUT2D eigenvalue weighted by Gasteiger charge is -2.23. The van der Waals surface area contributed by atoms with Gasteiger partial charge in [0.1, 0.15) is 0 Å². The van der Waals surface area contributed by atoms with E-state index in [0.717, 1.165) is 10.8 Å². The fraction of sp³-hybridized carbons (Fsp3) is 0.562. The largest absolute Gasteiger partial charge is 0.384 e. The van der Waals surface area contributed by atoms with Crippen LogP contribution in [0, 0.1) is 0 Å². The highest BCUT2D eigenvalue weighted by Gasteiger charge is 2.21. The summed E-state index contributed by atoms with van der Waals surface area (Å²) in [6.07, 6.45) is 0.260. The van der Waals surface area contributed by atoms with Gasteiger partial charge in [-0.1, -0.05) is 0 Å². The summed E-state index contributed by atoms with van der Waals surface area (Å²) in [4.78, 5) is 12.5. The molecule has 1 aliphatic heterocycles. The van der Waals surface area contributed by atoms with E-state index in [1.54, 1.807) is 6.07 Å². The van der Waals surface area contributed by atoms with Crippen LogP contribution in [0.15, 0.2) is 23.1 Å². The summed E-state index contributed by atoms with van der Waals surface area (Å²) in [6, 6.07) is 4.64. The van der Waals surface area contributed by atoms with Crippen LogP contribution >= 0.6 is 0 Å². The Hall–Kier alpha value is -1.68. The van der Waals surface area contributed by atoms with Crippen molar-refractivity contribution in [1.29, 1.82) is 0 Å². The minimum absolute atomic E-state index is 0.0370. The van der Waals surface area contributed by atoms with Gasteiger partial charge in [0.25, 0.3) is 0 Å². The summed E-state index contributed by atoms with van der Waals surface area (Å²) in [5.74, 6) is -0.193. The molecular weight excluding hydrogens is 344 g/mol. The van der Waals surface area contributed by atoms with Crippen molar-refractivity contribution in [2.45, 2.75) is 24.3 Å². The molecule has 8 nitrogen and oxygen atoms in total. The van der Waals surface area contributed by atoms with E-state index in [9.17, 15) is 13.2 Å². The Morgan fingerprint density at radius 1 is 1.36 bits per heavy atom. The van der Waals surface area contributed by atoms with Gasteiger partial charge in [-0.15, -0.1) is 0 Å². The number of hydrogen-bond donors (Lipinski definition) is 3. The molecule has 25 heavy (non-hydrogen) atoms. The van der Waals surface area contributed by atoms with E-state index in [2.05, 4.69) is 16.0 Å². The monoisotopic (exact) mass is 370 g/mol. The molecule has 3 N–H and O–H groups in total. The number of ether oxygens (including phenoxy) is 1. The lowest BCUT2D eigenvalue weighted by Crippen LogP contribution is -2.43. The Balaban J connectivity index is 2.19. The average Bonchev–Trinajstić information content (AvgIpc) is 2.57. The zero-order valence-corrected chi connectivity index (χ0v) is 15.6. The van der Waals surface area contributed by atoms with Crippen LogP contribution in [0.5, 0.6) is 0 Å². The highest BCUT2D eigenvalue weighted by atomic mass is 32.2. The maximum Gasteiger partial charge on any atom is 0.242 e. The number of benzene rings is 1. The van der Waals surface area contributed by atoms with E-state index in [1.807, 2.05) is 6.92 Å². The second-order valence-corrected chi connectivity index (χ2v) is 8.16. The average molecular weight is 370 g/mol. The lowest BCUT2D eigenvalue weighted by atomic mass is 10.2. The predicted molar refractivity (Wildman–Crippen MR) is 97.3 cm³/mol. The van der Waals surface area contributed by atoms with Crippen molar-refractivity contribution in [2.24, 2.45) is 0 Å². The summed E-state index contributed by atoms with van der Waals surface area (Å²) in [5, 5.41) is 9.17. The Morgan fingerprint density at radius 2 is 2.12 bits per heavy atom. The second-order valence-electron chi connectivity index (χ2n) is 6.00. The third-order valence-corrected chi connectivity index (χ3v) is 5.65. The second kappa shape index (κ2) is 8.61. The molecule has 0 aliphatic carbocycles. The van der Waals surface area contributed by atoms with Crippen LogP contribution < -0.4 is 16.0 Å². The molecule has 0 radical (unpaired) electrons. The Bertz CT molecular complexity index is 700. The predicted octanol–water partition coefficient (Wildman–Crippen LogP) is 0.686. The maximum absolute atomic E-state index is 12.3. The summed E-state index contributed by atoms with van der Waals surface area (Å²) in [6.45, 7) is 4.44. The topological polar surface area (TPSA) is 99.8 Å². The zero-order chi connectivity index (χ0) is 18.4. The Labute approximate surface area is 149 Å². The van der Waals surface area contributed by atoms with Crippen LogP contribution in [0.3, 0.4) is 0 Å². The number of sulfonamides is 1. The molecule has 140 valence electrons. The molecule has 1 unspecified atom stereocenters. The van der Waals surface area contributed by atoms with E-state index in [1.165, 1.54) is 26.2 Å². The van der Waals surface area contributed by atoms with Gasteiger partial charge in [0.15, 0.2) is 0 Å². The number of rotatable bonds is 7. The van der Waals surface area contributed by atoms with Gasteiger partial charge in [0, 0.05) is 39.6 Å². The van der Waals surface area contributed by atoms with Gasteiger partial charge >= 0.3 is 0 Å². The number of carbonyl (C=O) groups is 1. The number of nitrogens with zero attached hydrogens (tertiary/aromatic N) is 1. The van der Waals surface area contributed by atoms with Gasteiger partial charge in [-0.2, -0.15) is 0 Å². The number of anilines is 2. The first-order valence-corrected chi connectivity index (χ1v) is 9.70. The molecule has 1 fully saturated rings. The summed E-state index contributed by atoms with van der Waals surface area (Å²) < 4.78 is 31.1. The Kier molecular flexibility index (Phi) is 6.77. The standard InChI is InChI=1S/C16H26N4O4S/c1-4-17-14-6-5-13(25(22,23)20(2)3)10-15(14)19-16(21)9-12-11-24-8-7-18-12/h5-6,10,12,17-18H,4,7-9,11H2,1-3H3,(H,19,21). The van der Waals surface area contributed by atoms with E-state index >= 15 is 0 Å². The molecular formula is C16H26N4O4S. The number of carbonyl (C=O) groups excluding carboxylic acids is 1. The van der Waals surface area contributed by atoms with Crippen LogP contribution in [-0.4, -0.2) is 65.1 Å². The molecule has 2 rings (SSSR count). The quantitative estimate of drug-likeness (QED) is 0.653. The minimum atomic E-state index is -3.57. The van der Waals surface area contributed by atoms with Crippen molar-refractivity contribution in [1.82, 2.24) is 9.62 Å². The van der Waals surface area contributed by atoms with Crippen molar-refractivity contribution < 1.29 is 17.9 Å². The molecule has 1 aromatic rings. The fourth-order valence-corrected chi connectivity index (χ4v) is 3.45. The first-order chi connectivity index (χ1) is 11.8. The fourth-order valence-electron chi connectivity index (χ4n) is 2.52. The van der Waals surface area contributed by atoms with Gasteiger partial charge in [-0.3, -0.25) is 4.79 Å². The number of morpholine rings is 1. The van der Waals surface area contributed by atoms with E-state index in [4.69, 9.17) is 4.74 Å². The molecule has 1 heterocycles. The number of hydrogen-bond acceptors (Lipinski definition) is 6. The van der Waals surface area contributed by atoms with E-state index in [0.29, 0.717) is 31.1 Å². The van der Waals surface area contributed by atoms with Gasteiger partial charge in [0.05, 0.1) is 29.5 Å². The maximum atomic E-state index is 12.3. The van der Waals surface area contributed by atoms with Gasteiger partial charge < -0.3 is 20.7 Å². The van der Waals surface area contributed by atoms with Crippen molar-refractivity contribution >= 4 is 27.3 Å². The lowest BCUT2D eigenvalue weighted by molar-refractivity contribution is -0.117. The molecule has 0 aromatic heterocycles. The Morgan fingerprint density at radius 3 is 2.72 bits per heavy atom. The SMILES string of the molecule is CCNc1ccc(S(=O)(=O)N(C)C)cc1NC(=O)CC1COCCN1. The molecule has 0 bridgehead atoms. The molecule has 0 saturated carbocycles. The third-order valence-electron chi connectivity index (χ3n) is 3.84. The minimum Gasteiger partial charge on any atom is -0.384 e. The molecule has 0 spiro atoms. The van der Waals surface area contributed by atoms with Crippen LogP contribution in [0.2, 0.25) is 0 Å². The van der Waals surface area contributed by atoms with Crippen LogP contribution in [0.1, 0.15) is 13.3 Å². The van der Waals surface area contributed by atoms with Crippen molar-refractivity contribution in [3.63, 3.8) is 0 Å². The smallest absolute Gasteiger partial charge is 0.242 e. The summed E-state index contributed by atoms with van der Waals surface area (Å²) >= 11 is 0. The highest BCUT2D eigenvalue weighted by molar-refractivity contribution is 7.89. The molecule has 1 aliphatic rings. The van der Waals surface area contributed by atoms with Crippen molar-refractivity contribution in [3.05, 3.63) is 18.2 Å². The van der Waals surface area contributed by atoms with E-state index < -0.39 is 10.0 Å². The third kappa shape index (κ3) is 5.15. The normalized spacial score (nSPS) is 18.2. The molecule has 1 saturated heterocycles. The van der Waals surface area contributed by atoms with Crippen LogP contribution in [0.25, 0.3) is 0 Å².